The van der Waals surface area contributed by atoms with Gasteiger partial charge in [-0.2, -0.15) is 0 Å². The van der Waals surface area contributed by atoms with Crippen molar-refractivity contribution in [1.29, 1.82) is 0 Å². The third kappa shape index (κ3) is 6.05. The Labute approximate surface area is 115 Å². The largest absolute Gasteiger partial charge is 0.347 e. The highest BCUT2D eigenvalue weighted by Gasteiger charge is 2.19. The van der Waals surface area contributed by atoms with E-state index in [1.165, 1.54) is 0 Å². The Morgan fingerprint density at radius 3 is 2.42 bits per heavy atom. The van der Waals surface area contributed by atoms with Gasteiger partial charge >= 0.3 is 0 Å². The minimum Gasteiger partial charge on any atom is -0.347 e. The number of hydrogen-bond acceptors (Lipinski definition) is 3. The first-order chi connectivity index (χ1) is 9.00. The van der Waals surface area contributed by atoms with Crippen molar-refractivity contribution < 1.29 is 9.59 Å². The first kappa shape index (κ1) is 16.0. The molecular formula is C14H27N3O2. The fourth-order valence-corrected chi connectivity index (χ4v) is 2.29. The van der Waals surface area contributed by atoms with Crippen LogP contribution in [0.1, 0.15) is 46.0 Å². The topological polar surface area (TPSA) is 75.4 Å². The third-order valence-electron chi connectivity index (χ3n) is 3.62. The summed E-state index contributed by atoms with van der Waals surface area (Å²) >= 11 is 0. The molecule has 5 heteroatoms. The third-order valence-corrected chi connectivity index (χ3v) is 3.62. The average molecular weight is 269 g/mol. The molecule has 0 radical (unpaired) electrons. The summed E-state index contributed by atoms with van der Waals surface area (Å²) in [6.07, 6.45) is 4.86. The van der Waals surface area contributed by atoms with Crippen molar-refractivity contribution in [1.82, 2.24) is 10.2 Å². The second-order valence-corrected chi connectivity index (χ2v) is 5.61. The average Bonchev–Trinajstić information content (AvgIpc) is 2.88. The van der Waals surface area contributed by atoms with Crippen LogP contribution in [0.4, 0.5) is 0 Å². The van der Waals surface area contributed by atoms with E-state index in [9.17, 15) is 9.59 Å². The number of nitrogens with one attached hydrogen (secondary N) is 1. The Morgan fingerprint density at radius 1 is 1.21 bits per heavy atom. The maximum atomic E-state index is 11.8. The molecule has 1 saturated heterocycles. The van der Waals surface area contributed by atoms with Gasteiger partial charge in [0.25, 0.3) is 0 Å². The summed E-state index contributed by atoms with van der Waals surface area (Å²) in [5, 5.41) is 2.74. The normalized spacial score (nSPS) is 18.2. The second-order valence-electron chi connectivity index (χ2n) is 5.61. The highest BCUT2D eigenvalue weighted by Crippen LogP contribution is 2.10. The van der Waals surface area contributed by atoms with Gasteiger partial charge in [-0.3, -0.25) is 9.59 Å². The van der Waals surface area contributed by atoms with E-state index in [1.54, 1.807) is 0 Å². The number of carbonyl (C=O) groups excluding carboxylic acids is 2. The first-order valence-corrected chi connectivity index (χ1v) is 7.31. The lowest BCUT2D eigenvalue weighted by Gasteiger charge is -2.17. The van der Waals surface area contributed by atoms with Crippen LogP contribution in [0.15, 0.2) is 0 Å². The molecule has 1 aliphatic rings. The van der Waals surface area contributed by atoms with Gasteiger partial charge in [0.1, 0.15) is 0 Å². The van der Waals surface area contributed by atoms with Crippen LogP contribution in [-0.2, 0) is 9.59 Å². The van der Waals surface area contributed by atoms with Crippen LogP contribution in [-0.4, -0.2) is 42.4 Å². The van der Waals surface area contributed by atoms with Gasteiger partial charge in [0.05, 0.1) is 6.54 Å². The summed E-state index contributed by atoms with van der Waals surface area (Å²) in [4.78, 5) is 25.4. The number of nitrogens with zero attached hydrogens (tertiary/aromatic N) is 1. The molecule has 0 aromatic rings. The lowest BCUT2D eigenvalue weighted by Crippen LogP contribution is -2.40. The van der Waals surface area contributed by atoms with Gasteiger partial charge in [0.15, 0.2) is 0 Å². The van der Waals surface area contributed by atoms with Gasteiger partial charge < -0.3 is 16.0 Å². The number of nitrogens with two attached hydrogens (primary N) is 1. The van der Waals surface area contributed by atoms with E-state index >= 15 is 0 Å². The van der Waals surface area contributed by atoms with Crippen molar-refractivity contribution in [3.63, 3.8) is 0 Å². The van der Waals surface area contributed by atoms with E-state index in [-0.39, 0.29) is 30.3 Å². The molecule has 1 fully saturated rings. The fourth-order valence-electron chi connectivity index (χ4n) is 2.29. The summed E-state index contributed by atoms with van der Waals surface area (Å²) in [7, 11) is 0. The Bertz CT molecular complexity index is 299. The van der Waals surface area contributed by atoms with E-state index in [2.05, 4.69) is 5.32 Å². The van der Waals surface area contributed by atoms with E-state index in [4.69, 9.17) is 5.73 Å². The molecule has 19 heavy (non-hydrogen) atoms. The summed E-state index contributed by atoms with van der Waals surface area (Å²) in [5.41, 5.74) is 5.67. The molecule has 0 aromatic heterocycles. The maximum absolute atomic E-state index is 11.8. The minimum atomic E-state index is -0.0508. The summed E-state index contributed by atoms with van der Waals surface area (Å²) in [6.45, 7) is 5.67. The lowest BCUT2D eigenvalue weighted by atomic mass is 10.0. The molecule has 0 aliphatic carbocycles. The zero-order valence-corrected chi connectivity index (χ0v) is 12.2. The number of hydrogen-bond donors (Lipinski definition) is 2. The number of likely N-dealkylation sites (tertiary alicyclic amines) is 1. The van der Waals surface area contributed by atoms with Crippen LogP contribution in [0.25, 0.3) is 0 Å². The van der Waals surface area contributed by atoms with Crippen molar-refractivity contribution in [2.24, 2.45) is 11.7 Å². The predicted molar refractivity (Wildman–Crippen MR) is 75.5 cm³/mol. The Hall–Kier alpha value is -1.10. The van der Waals surface area contributed by atoms with Crippen molar-refractivity contribution >= 4 is 11.8 Å². The molecule has 2 atom stereocenters. The molecule has 0 aromatic carbocycles. The van der Waals surface area contributed by atoms with Crippen LogP contribution in [0, 0.1) is 5.92 Å². The van der Waals surface area contributed by atoms with E-state index in [0.717, 1.165) is 45.2 Å². The molecule has 0 spiro atoms. The quantitative estimate of drug-likeness (QED) is 0.720. The van der Waals surface area contributed by atoms with Gasteiger partial charge in [-0.1, -0.05) is 13.3 Å². The van der Waals surface area contributed by atoms with Gasteiger partial charge in [0.2, 0.25) is 11.8 Å². The molecule has 1 rings (SSSR count). The molecule has 1 heterocycles. The molecule has 1 aliphatic heterocycles. The van der Waals surface area contributed by atoms with Gasteiger partial charge in [-0.05, 0) is 32.6 Å². The van der Waals surface area contributed by atoms with Crippen molar-refractivity contribution in [3.8, 4) is 0 Å². The SMILES string of the molecule is CC(N)CCCC(C)C(=O)NCC(=O)N1CCCC1. The number of rotatable bonds is 7. The predicted octanol–water partition coefficient (Wildman–Crippen LogP) is 0.879. The molecule has 0 saturated carbocycles. The molecule has 3 N–H and O–H groups in total. The zero-order chi connectivity index (χ0) is 14.3. The Morgan fingerprint density at radius 2 is 1.84 bits per heavy atom. The molecule has 2 unspecified atom stereocenters. The van der Waals surface area contributed by atoms with Crippen LogP contribution >= 0.6 is 0 Å². The van der Waals surface area contributed by atoms with Crippen LogP contribution in [0.3, 0.4) is 0 Å². The van der Waals surface area contributed by atoms with Crippen LogP contribution in [0.5, 0.6) is 0 Å². The molecular weight excluding hydrogens is 242 g/mol. The fraction of sp³-hybridized carbons (Fsp3) is 0.857. The summed E-state index contributed by atoms with van der Waals surface area (Å²) in [5.74, 6) is -0.0454. The highest BCUT2D eigenvalue weighted by atomic mass is 16.2. The van der Waals surface area contributed by atoms with E-state index in [1.807, 2.05) is 18.7 Å². The molecule has 0 bridgehead atoms. The first-order valence-electron chi connectivity index (χ1n) is 7.31. The van der Waals surface area contributed by atoms with Crippen molar-refractivity contribution in [2.75, 3.05) is 19.6 Å². The maximum Gasteiger partial charge on any atom is 0.241 e. The highest BCUT2D eigenvalue weighted by molar-refractivity contribution is 5.85. The minimum absolute atomic E-state index is 0.0304. The van der Waals surface area contributed by atoms with Crippen molar-refractivity contribution in [2.45, 2.75) is 52.0 Å². The zero-order valence-electron chi connectivity index (χ0n) is 12.2. The van der Waals surface area contributed by atoms with Gasteiger partial charge in [-0.25, -0.2) is 0 Å². The second kappa shape index (κ2) is 8.15. The van der Waals surface area contributed by atoms with Gasteiger partial charge in [0, 0.05) is 25.0 Å². The summed E-state index contributed by atoms with van der Waals surface area (Å²) < 4.78 is 0. The van der Waals surface area contributed by atoms with Crippen LogP contribution in [0.2, 0.25) is 0 Å². The molecule has 2 amide bonds. The molecule has 5 nitrogen and oxygen atoms in total. The number of amides is 2. The summed E-state index contributed by atoms with van der Waals surface area (Å²) in [6, 6.07) is 0.187. The van der Waals surface area contributed by atoms with E-state index in [0.29, 0.717) is 0 Å². The van der Waals surface area contributed by atoms with E-state index < -0.39 is 0 Å². The van der Waals surface area contributed by atoms with Crippen molar-refractivity contribution in [3.05, 3.63) is 0 Å². The smallest absolute Gasteiger partial charge is 0.241 e. The van der Waals surface area contributed by atoms with Crippen LogP contribution < -0.4 is 11.1 Å². The lowest BCUT2D eigenvalue weighted by molar-refractivity contribution is -0.133. The Kier molecular flexibility index (Phi) is 6.84. The van der Waals surface area contributed by atoms with Gasteiger partial charge in [-0.15, -0.1) is 0 Å². The monoisotopic (exact) mass is 269 g/mol. The molecule has 110 valence electrons. The standard InChI is InChI=1S/C14H27N3O2/c1-11(6-5-7-12(2)15)14(19)16-10-13(18)17-8-3-4-9-17/h11-12H,3-10,15H2,1-2H3,(H,16,19). The number of carbonyl (C=O) groups is 2. The Balaban J connectivity index is 2.16.